The Labute approximate surface area is 126 Å². The molecule has 0 aliphatic heterocycles. The molecule has 0 bridgehead atoms. The lowest BCUT2D eigenvalue weighted by molar-refractivity contribution is 0.342. The largest absolute Gasteiger partial charge is 0.493 e. The van der Waals surface area contributed by atoms with Gasteiger partial charge in [0.05, 0.1) is 16.6 Å². The molecule has 2 N–H and O–H groups in total. The molecule has 0 aromatic heterocycles. The number of hydrogen-bond donors (Lipinski definition) is 1. The van der Waals surface area contributed by atoms with Crippen LogP contribution in [0.5, 0.6) is 5.75 Å². The second-order valence-corrected chi connectivity index (χ2v) is 6.21. The van der Waals surface area contributed by atoms with Crippen molar-refractivity contribution < 1.29 is 8.95 Å². The van der Waals surface area contributed by atoms with E-state index < -0.39 is 10.8 Å². The molecule has 0 aliphatic rings. The molecule has 0 heterocycles. The molecule has 1 atom stereocenters. The third-order valence-corrected chi connectivity index (χ3v) is 4.36. The molecule has 5 heteroatoms. The van der Waals surface area contributed by atoms with Crippen LogP contribution >= 0.6 is 11.6 Å². The van der Waals surface area contributed by atoms with E-state index in [1.807, 2.05) is 24.3 Å². The first-order valence-electron chi connectivity index (χ1n) is 6.25. The lowest BCUT2D eigenvalue weighted by Crippen LogP contribution is -2.08. The first-order chi connectivity index (χ1) is 9.69. The molecule has 0 saturated heterocycles. The highest BCUT2D eigenvalue weighted by Crippen LogP contribution is 2.14. The van der Waals surface area contributed by atoms with E-state index >= 15 is 0 Å². The lowest BCUT2D eigenvalue weighted by Gasteiger charge is -2.07. The normalized spacial score (nSPS) is 12.1. The van der Waals surface area contributed by atoms with Crippen LogP contribution in [-0.4, -0.2) is 16.6 Å². The molecule has 0 spiro atoms. The highest BCUT2D eigenvalue weighted by molar-refractivity contribution is 7.85. The van der Waals surface area contributed by atoms with E-state index in [4.69, 9.17) is 22.1 Å². The maximum absolute atomic E-state index is 12.0. The third-order valence-electron chi connectivity index (χ3n) is 2.77. The zero-order chi connectivity index (χ0) is 14.4. The molecule has 2 rings (SSSR count). The predicted octanol–water partition coefficient (Wildman–Crippen LogP) is 2.99. The van der Waals surface area contributed by atoms with Crippen LogP contribution in [0.2, 0.25) is 5.02 Å². The summed E-state index contributed by atoms with van der Waals surface area (Å²) in [4.78, 5) is 0.761. The summed E-state index contributed by atoms with van der Waals surface area (Å²) in [6.07, 6.45) is 0. The van der Waals surface area contributed by atoms with Gasteiger partial charge in [0.1, 0.15) is 12.4 Å². The quantitative estimate of drug-likeness (QED) is 0.892. The average molecular weight is 310 g/mol. The maximum atomic E-state index is 12.0. The summed E-state index contributed by atoms with van der Waals surface area (Å²) in [5.41, 5.74) is 6.58. The molecule has 3 nitrogen and oxygen atoms in total. The molecule has 0 amide bonds. The fraction of sp³-hybridized carbons (Fsp3) is 0.200. The molecule has 0 radical (unpaired) electrons. The van der Waals surface area contributed by atoms with Gasteiger partial charge in [0.15, 0.2) is 0 Å². The van der Waals surface area contributed by atoms with E-state index in [9.17, 15) is 4.21 Å². The molecule has 0 saturated carbocycles. The van der Waals surface area contributed by atoms with Gasteiger partial charge in [0, 0.05) is 16.5 Å². The second kappa shape index (κ2) is 7.43. The minimum atomic E-state index is -1.07. The number of rotatable bonds is 6. The second-order valence-electron chi connectivity index (χ2n) is 4.20. The Morgan fingerprint density at radius 1 is 1.05 bits per heavy atom. The number of ether oxygens (including phenoxy) is 1. The predicted molar refractivity (Wildman–Crippen MR) is 82.6 cm³/mol. The standard InChI is InChI=1S/C15H16ClNO2S/c16-13-3-7-15(8-4-13)20(18)10-9-19-14-5-1-12(11-17)2-6-14/h1-8H,9-11,17H2. The molecule has 20 heavy (non-hydrogen) atoms. The Morgan fingerprint density at radius 2 is 1.70 bits per heavy atom. The van der Waals surface area contributed by atoms with Gasteiger partial charge in [0.2, 0.25) is 0 Å². The van der Waals surface area contributed by atoms with Crippen LogP contribution in [0.25, 0.3) is 0 Å². The highest BCUT2D eigenvalue weighted by atomic mass is 35.5. The van der Waals surface area contributed by atoms with Crippen molar-refractivity contribution in [2.24, 2.45) is 5.73 Å². The highest BCUT2D eigenvalue weighted by Gasteiger charge is 2.04. The minimum absolute atomic E-state index is 0.400. The maximum Gasteiger partial charge on any atom is 0.119 e. The minimum Gasteiger partial charge on any atom is -0.493 e. The van der Waals surface area contributed by atoms with Crippen molar-refractivity contribution in [1.29, 1.82) is 0 Å². The smallest absolute Gasteiger partial charge is 0.119 e. The third kappa shape index (κ3) is 4.34. The van der Waals surface area contributed by atoms with E-state index in [0.29, 0.717) is 23.9 Å². The van der Waals surface area contributed by atoms with E-state index in [-0.39, 0.29) is 0 Å². The van der Waals surface area contributed by atoms with E-state index in [0.717, 1.165) is 16.2 Å². The van der Waals surface area contributed by atoms with Gasteiger partial charge in [-0.25, -0.2) is 0 Å². The van der Waals surface area contributed by atoms with Gasteiger partial charge in [-0.3, -0.25) is 4.21 Å². The van der Waals surface area contributed by atoms with Crippen molar-refractivity contribution >= 4 is 22.4 Å². The van der Waals surface area contributed by atoms with Crippen LogP contribution in [0.1, 0.15) is 5.56 Å². The van der Waals surface area contributed by atoms with E-state index in [1.54, 1.807) is 24.3 Å². The number of benzene rings is 2. The van der Waals surface area contributed by atoms with Crippen molar-refractivity contribution in [2.45, 2.75) is 11.4 Å². The van der Waals surface area contributed by atoms with Crippen LogP contribution in [-0.2, 0) is 17.3 Å². The van der Waals surface area contributed by atoms with Crippen molar-refractivity contribution in [3.63, 3.8) is 0 Å². The number of nitrogens with two attached hydrogens (primary N) is 1. The van der Waals surface area contributed by atoms with E-state index in [1.165, 1.54) is 0 Å². The van der Waals surface area contributed by atoms with Gasteiger partial charge in [0.25, 0.3) is 0 Å². The molecule has 1 unspecified atom stereocenters. The molecule has 2 aromatic rings. The van der Waals surface area contributed by atoms with Crippen LogP contribution < -0.4 is 10.5 Å². The Hall–Kier alpha value is -1.36. The number of halogens is 1. The summed E-state index contributed by atoms with van der Waals surface area (Å²) in [5, 5.41) is 0.641. The monoisotopic (exact) mass is 309 g/mol. The summed E-state index contributed by atoms with van der Waals surface area (Å²) < 4.78 is 17.6. The summed E-state index contributed by atoms with van der Waals surface area (Å²) in [6.45, 7) is 0.915. The first kappa shape index (κ1) is 15.0. The van der Waals surface area contributed by atoms with Gasteiger partial charge in [-0.15, -0.1) is 0 Å². The summed E-state index contributed by atoms with van der Waals surface area (Å²) in [7, 11) is -1.07. The fourth-order valence-corrected chi connectivity index (χ4v) is 2.70. The van der Waals surface area contributed by atoms with Gasteiger partial charge in [-0.2, -0.15) is 0 Å². The first-order valence-corrected chi connectivity index (χ1v) is 7.94. The fourth-order valence-electron chi connectivity index (χ4n) is 1.66. The summed E-state index contributed by atoms with van der Waals surface area (Å²) in [5.74, 6) is 1.20. The lowest BCUT2D eigenvalue weighted by atomic mass is 10.2. The Bertz CT molecular complexity index is 569. The van der Waals surface area contributed by atoms with Crippen LogP contribution in [0.15, 0.2) is 53.4 Å². The summed E-state index contributed by atoms with van der Waals surface area (Å²) in [6, 6.07) is 14.6. The van der Waals surface area contributed by atoms with Gasteiger partial charge < -0.3 is 10.5 Å². The zero-order valence-corrected chi connectivity index (χ0v) is 12.5. The van der Waals surface area contributed by atoms with E-state index in [2.05, 4.69) is 0 Å². The van der Waals surface area contributed by atoms with Crippen molar-refractivity contribution in [3.8, 4) is 5.75 Å². The molecule has 0 aliphatic carbocycles. The topological polar surface area (TPSA) is 52.3 Å². The Balaban J connectivity index is 1.82. The van der Waals surface area contributed by atoms with Crippen LogP contribution in [0.4, 0.5) is 0 Å². The molecule has 0 fully saturated rings. The Morgan fingerprint density at radius 3 is 2.30 bits per heavy atom. The van der Waals surface area contributed by atoms with Crippen molar-refractivity contribution in [1.82, 2.24) is 0 Å². The Kier molecular flexibility index (Phi) is 5.59. The number of hydrogen-bond acceptors (Lipinski definition) is 3. The van der Waals surface area contributed by atoms with Crippen LogP contribution in [0.3, 0.4) is 0 Å². The van der Waals surface area contributed by atoms with Gasteiger partial charge >= 0.3 is 0 Å². The van der Waals surface area contributed by atoms with Crippen molar-refractivity contribution in [3.05, 3.63) is 59.1 Å². The molecule has 2 aromatic carbocycles. The summed E-state index contributed by atoms with van der Waals surface area (Å²) >= 11 is 5.79. The van der Waals surface area contributed by atoms with Crippen molar-refractivity contribution in [2.75, 3.05) is 12.4 Å². The molecular formula is C15H16ClNO2S. The zero-order valence-electron chi connectivity index (χ0n) is 10.9. The molecular weight excluding hydrogens is 294 g/mol. The van der Waals surface area contributed by atoms with Gasteiger partial charge in [-0.1, -0.05) is 23.7 Å². The van der Waals surface area contributed by atoms with Crippen LogP contribution in [0, 0.1) is 0 Å². The van der Waals surface area contributed by atoms with Gasteiger partial charge in [-0.05, 0) is 42.0 Å². The average Bonchev–Trinajstić information content (AvgIpc) is 2.48. The SMILES string of the molecule is NCc1ccc(OCCS(=O)c2ccc(Cl)cc2)cc1. The molecule has 106 valence electrons.